The van der Waals surface area contributed by atoms with Crippen LogP contribution in [0.5, 0.6) is 5.75 Å². The van der Waals surface area contributed by atoms with E-state index in [1.54, 1.807) is 30.5 Å². The zero-order chi connectivity index (χ0) is 22.2. The van der Waals surface area contributed by atoms with Gasteiger partial charge in [0.1, 0.15) is 17.2 Å². The van der Waals surface area contributed by atoms with Crippen LogP contribution in [0.15, 0.2) is 27.9 Å². The molecule has 0 bridgehead atoms. The van der Waals surface area contributed by atoms with Gasteiger partial charge in [0.15, 0.2) is 11.3 Å². The van der Waals surface area contributed by atoms with E-state index in [1.807, 2.05) is 32.0 Å². The molecule has 10 heteroatoms. The van der Waals surface area contributed by atoms with Crippen molar-refractivity contribution in [1.29, 1.82) is 0 Å². The molecule has 0 aliphatic carbocycles. The van der Waals surface area contributed by atoms with E-state index in [0.29, 0.717) is 60.4 Å². The van der Waals surface area contributed by atoms with Crippen molar-refractivity contribution in [3.05, 3.63) is 40.1 Å². The maximum Gasteiger partial charge on any atom is 0.277 e. The van der Waals surface area contributed by atoms with E-state index < -0.39 is 5.60 Å². The second kappa shape index (κ2) is 8.62. The van der Waals surface area contributed by atoms with Gasteiger partial charge in [-0.1, -0.05) is 0 Å². The Balaban J connectivity index is 1.70. The maximum atomic E-state index is 12.7. The molecule has 0 saturated carbocycles. The van der Waals surface area contributed by atoms with E-state index in [-0.39, 0.29) is 5.56 Å². The van der Waals surface area contributed by atoms with Crippen LogP contribution in [-0.2, 0) is 4.74 Å². The van der Waals surface area contributed by atoms with Crippen molar-refractivity contribution < 1.29 is 14.6 Å². The topological polar surface area (TPSA) is 105 Å². The predicted octanol–water partition coefficient (Wildman–Crippen LogP) is 2.19. The van der Waals surface area contributed by atoms with Gasteiger partial charge in [0.05, 0.1) is 24.5 Å². The monoisotopic (exact) mass is 445 g/mol. The molecule has 0 spiro atoms. The Morgan fingerprint density at radius 3 is 2.90 bits per heavy atom. The molecule has 166 valence electrons. The van der Waals surface area contributed by atoms with Crippen LogP contribution in [0.2, 0.25) is 0 Å². The number of aromatic nitrogens is 4. The maximum absolute atomic E-state index is 12.7. The molecule has 2 aromatic heterocycles. The molecule has 31 heavy (non-hydrogen) atoms. The van der Waals surface area contributed by atoms with Crippen LogP contribution in [0.4, 0.5) is 0 Å². The Kier molecular flexibility index (Phi) is 6.07. The van der Waals surface area contributed by atoms with Gasteiger partial charge in [-0.3, -0.25) is 4.79 Å². The predicted molar refractivity (Wildman–Crippen MR) is 119 cm³/mol. The molecule has 1 saturated heterocycles. The minimum atomic E-state index is -0.829. The van der Waals surface area contributed by atoms with Crippen molar-refractivity contribution in [3.63, 3.8) is 0 Å². The Morgan fingerprint density at radius 1 is 1.35 bits per heavy atom. The molecule has 1 unspecified atom stereocenters. The number of nitrogens with zero attached hydrogens (tertiary/aromatic N) is 4. The van der Waals surface area contributed by atoms with Crippen LogP contribution >= 0.6 is 11.9 Å². The van der Waals surface area contributed by atoms with Crippen molar-refractivity contribution in [2.45, 2.75) is 37.7 Å². The highest BCUT2D eigenvalue weighted by Gasteiger charge is 2.36. The third kappa shape index (κ3) is 4.33. The van der Waals surface area contributed by atoms with Crippen LogP contribution in [-0.4, -0.2) is 68.0 Å². The molecule has 1 aliphatic rings. The standard InChI is InChI=1S/C21H27N5O4S/c1-5-30-17-7-6-15(31-25-9-8-21(28,11-25)12-29-4)10-16(17)19-23-20(27)18-13(2)22-14(3)26(18)24-19/h6-7,10,28H,5,8-9,11-12H2,1-4H3,(H,23,24,27). The number of aromatic amines is 1. The van der Waals surface area contributed by atoms with Crippen LogP contribution in [0, 0.1) is 13.8 Å². The number of hydrogen-bond acceptors (Lipinski definition) is 8. The molecule has 2 N–H and O–H groups in total. The number of nitrogens with one attached hydrogen (secondary N) is 1. The summed E-state index contributed by atoms with van der Waals surface area (Å²) in [5.41, 5.74) is 0.712. The molecule has 0 amide bonds. The van der Waals surface area contributed by atoms with Crippen LogP contribution in [0.3, 0.4) is 0 Å². The Morgan fingerprint density at radius 2 is 2.16 bits per heavy atom. The molecular formula is C21H27N5O4S. The normalized spacial score (nSPS) is 19.4. The summed E-state index contributed by atoms with van der Waals surface area (Å²) in [7, 11) is 1.60. The first-order chi connectivity index (χ1) is 14.8. The van der Waals surface area contributed by atoms with Gasteiger partial charge in [-0.2, -0.15) is 0 Å². The lowest BCUT2D eigenvalue weighted by Gasteiger charge is -2.22. The van der Waals surface area contributed by atoms with E-state index in [9.17, 15) is 9.90 Å². The highest BCUT2D eigenvalue weighted by molar-refractivity contribution is 7.97. The highest BCUT2D eigenvalue weighted by Crippen LogP contribution is 2.36. The number of aryl methyl sites for hydroxylation is 2. The van der Waals surface area contributed by atoms with E-state index in [1.165, 1.54) is 0 Å². The van der Waals surface area contributed by atoms with Gasteiger partial charge < -0.3 is 19.6 Å². The number of benzene rings is 1. The van der Waals surface area contributed by atoms with Gasteiger partial charge in [-0.25, -0.2) is 13.8 Å². The summed E-state index contributed by atoms with van der Waals surface area (Å²) in [6.07, 6.45) is 0.655. The summed E-state index contributed by atoms with van der Waals surface area (Å²) in [6, 6.07) is 5.80. The molecule has 0 radical (unpaired) electrons. The van der Waals surface area contributed by atoms with Crippen molar-refractivity contribution in [3.8, 4) is 17.1 Å². The van der Waals surface area contributed by atoms with Crippen LogP contribution in [0.25, 0.3) is 16.9 Å². The molecule has 9 nitrogen and oxygen atoms in total. The first kappa shape index (κ1) is 21.8. The van der Waals surface area contributed by atoms with Gasteiger partial charge in [0.2, 0.25) is 0 Å². The lowest BCUT2D eigenvalue weighted by atomic mass is 10.1. The fraction of sp³-hybridized carbons (Fsp3) is 0.476. The molecule has 1 atom stereocenters. The molecule has 1 fully saturated rings. The van der Waals surface area contributed by atoms with E-state index in [0.717, 1.165) is 11.4 Å². The molecule has 3 heterocycles. The Bertz CT molecular complexity index is 1160. The fourth-order valence-corrected chi connectivity index (χ4v) is 5.00. The number of aliphatic hydroxyl groups is 1. The number of rotatable bonds is 7. The summed E-state index contributed by atoms with van der Waals surface area (Å²) in [4.78, 5) is 20.9. The Labute approximate surface area is 184 Å². The summed E-state index contributed by atoms with van der Waals surface area (Å²) in [5.74, 6) is 1.71. The number of H-pyrrole nitrogens is 1. The van der Waals surface area contributed by atoms with Gasteiger partial charge in [-0.05, 0) is 57.3 Å². The molecule has 3 aromatic rings. The van der Waals surface area contributed by atoms with Gasteiger partial charge in [0.25, 0.3) is 5.56 Å². The number of hydrogen-bond donors (Lipinski definition) is 2. The minimum Gasteiger partial charge on any atom is -0.493 e. The number of β-amino-alcohol motifs (C(OH)–C–C–N with tert-alkyl or cyclic N) is 1. The average molecular weight is 446 g/mol. The number of imidazole rings is 1. The quantitative estimate of drug-likeness (QED) is 0.533. The zero-order valence-corrected chi connectivity index (χ0v) is 19.0. The molecule has 1 aliphatic heterocycles. The second-order valence-electron chi connectivity index (χ2n) is 7.76. The fourth-order valence-electron chi connectivity index (χ4n) is 3.92. The van der Waals surface area contributed by atoms with Gasteiger partial charge >= 0.3 is 0 Å². The lowest BCUT2D eigenvalue weighted by Crippen LogP contribution is -2.36. The number of methoxy groups -OCH3 is 1. The number of ether oxygens (including phenoxy) is 2. The van der Waals surface area contributed by atoms with Crippen molar-refractivity contribution in [2.75, 3.05) is 33.4 Å². The zero-order valence-electron chi connectivity index (χ0n) is 18.1. The van der Waals surface area contributed by atoms with E-state index >= 15 is 0 Å². The summed E-state index contributed by atoms with van der Waals surface area (Å²) in [5, 5.41) is 15.2. The van der Waals surface area contributed by atoms with Crippen molar-refractivity contribution >= 4 is 17.5 Å². The van der Waals surface area contributed by atoms with Gasteiger partial charge in [0, 0.05) is 25.1 Å². The van der Waals surface area contributed by atoms with E-state index in [2.05, 4.69) is 19.4 Å². The SMILES string of the molecule is CCOc1ccc(SN2CCC(O)(COC)C2)cc1-c1nn2c(C)nc(C)c2c(=O)[nH]1. The smallest absolute Gasteiger partial charge is 0.277 e. The van der Waals surface area contributed by atoms with Crippen LogP contribution < -0.4 is 10.3 Å². The van der Waals surface area contributed by atoms with Crippen molar-refractivity contribution in [2.24, 2.45) is 0 Å². The Hall–Kier alpha value is -2.40. The highest BCUT2D eigenvalue weighted by atomic mass is 32.2. The summed E-state index contributed by atoms with van der Waals surface area (Å²) < 4.78 is 14.6. The van der Waals surface area contributed by atoms with Crippen LogP contribution in [0.1, 0.15) is 24.9 Å². The summed E-state index contributed by atoms with van der Waals surface area (Å²) in [6.45, 7) is 7.60. The first-order valence-electron chi connectivity index (χ1n) is 10.2. The summed E-state index contributed by atoms with van der Waals surface area (Å²) >= 11 is 1.55. The number of fused-ring (bicyclic) bond motifs is 1. The average Bonchev–Trinajstić information content (AvgIpc) is 3.22. The second-order valence-corrected chi connectivity index (χ2v) is 8.93. The lowest BCUT2D eigenvalue weighted by molar-refractivity contribution is -0.0183. The van der Waals surface area contributed by atoms with E-state index in [4.69, 9.17) is 9.47 Å². The van der Waals surface area contributed by atoms with Crippen molar-refractivity contribution in [1.82, 2.24) is 23.9 Å². The van der Waals surface area contributed by atoms with Gasteiger partial charge in [-0.15, -0.1) is 5.10 Å². The largest absolute Gasteiger partial charge is 0.493 e. The third-order valence-electron chi connectivity index (χ3n) is 5.29. The third-order valence-corrected chi connectivity index (χ3v) is 6.32. The first-order valence-corrected chi connectivity index (χ1v) is 11.0. The molecular weight excluding hydrogens is 418 g/mol. The minimum absolute atomic E-state index is 0.243. The molecule has 4 rings (SSSR count). The molecule has 1 aromatic carbocycles.